The summed E-state index contributed by atoms with van der Waals surface area (Å²) >= 11 is 0. The molecule has 2 aromatic heterocycles. The van der Waals surface area contributed by atoms with E-state index in [9.17, 15) is 0 Å². The van der Waals surface area contributed by atoms with Crippen LogP contribution in [0.15, 0.2) is 67.3 Å². The van der Waals surface area contributed by atoms with Crippen molar-refractivity contribution in [3.8, 4) is 0 Å². The minimum atomic E-state index is 0.261. The van der Waals surface area contributed by atoms with Crippen molar-refractivity contribution in [2.75, 3.05) is 47.8 Å². The number of benzene rings is 2. The summed E-state index contributed by atoms with van der Waals surface area (Å²) in [5.41, 5.74) is 6.11. The molecule has 37 heavy (non-hydrogen) atoms. The molecular formula is C28H31N9. The molecule has 1 atom stereocenters. The van der Waals surface area contributed by atoms with Gasteiger partial charge in [0.25, 0.3) is 0 Å². The molecule has 6 rings (SSSR count). The molecule has 9 nitrogen and oxygen atoms in total. The molecular weight excluding hydrogens is 462 g/mol. The first kappa shape index (κ1) is 23.3. The number of rotatable bonds is 6. The van der Waals surface area contributed by atoms with Gasteiger partial charge in [-0.15, -0.1) is 0 Å². The third-order valence-electron chi connectivity index (χ3n) is 7.21. The van der Waals surface area contributed by atoms with E-state index < -0.39 is 0 Å². The molecule has 0 radical (unpaired) electrons. The molecule has 4 heterocycles. The summed E-state index contributed by atoms with van der Waals surface area (Å²) in [6.45, 7) is 7.32. The molecule has 2 N–H and O–H groups in total. The summed E-state index contributed by atoms with van der Waals surface area (Å²) in [4.78, 5) is 27.2. The highest BCUT2D eigenvalue weighted by molar-refractivity contribution is 5.57. The van der Waals surface area contributed by atoms with Gasteiger partial charge >= 0.3 is 0 Å². The van der Waals surface area contributed by atoms with Gasteiger partial charge in [-0.1, -0.05) is 43.3 Å². The first-order chi connectivity index (χ1) is 18.2. The lowest BCUT2D eigenvalue weighted by Gasteiger charge is -2.34. The average molecular weight is 494 g/mol. The molecule has 9 heteroatoms. The van der Waals surface area contributed by atoms with Crippen LogP contribution in [0.2, 0.25) is 0 Å². The average Bonchev–Trinajstić information content (AvgIpc) is 2.97. The Labute approximate surface area is 217 Å². The van der Waals surface area contributed by atoms with E-state index in [1.165, 1.54) is 16.7 Å². The maximum atomic E-state index is 4.69. The monoisotopic (exact) mass is 493 g/mol. The van der Waals surface area contributed by atoms with Gasteiger partial charge in [-0.05, 0) is 47.4 Å². The molecule has 188 valence electrons. The largest absolute Gasteiger partial charge is 0.337 e. The zero-order chi connectivity index (χ0) is 25.0. The fraction of sp³-hybridized carbons (Fsp3) is 0.321. The highest BCUT2D eigenvalue weighted by Gasteiger charge is 2.22. The Kier molecular flexibility index (Phi) is 6.60. The number of aromatic nitrogens is 5. The number of nitrogens with zero attached hydrogens (tertiary/aromatic N) is 7. The van der Waals surface area contributed by atoms with Crippen molar-refractivity contribution in [2.24, 2.45) is 0 Å². The second kappa shape index (κ2) is 10.5. The van der Waals surface area contributed by atoms with Crippen LogP contribution in [0, 0.1) is 0 Å². The summed E-state index contributed by atoms with van der Waals surface area (Å²) in [6.07, 6.45) is 6.55. The molecule has 1 unspecified atom stereocenters. The second-order valence-electron chi connectivity index (χ2n) is 9.57. The van der Waals surface area contributed by atoms with Gasteiger partial charge in [0.15, 0.2) is 0 Å². The minimum Gasteiger partial charge on any atom is -0.337 e. The molecule has 1 fully saturated rings. The van der Waals surface area contributed by atoms with Crippen molar-refractivity contribution in [1.82, 2.24) is 30.2 Å². The quantitative estimate of drug-likeness (QED) is 0.418. The molecule has 2 aromatic carbocycles. The lowest BCUT2D eigenvalue weighted by atomic mass is 9.96. The van der Waals surface area contributed by atoms with Gasteiger partial charge in [0.2, 0.25) is 17.8 Å². The molecule has 2 aliphatic heterocycles. The predicted octanol–water partition coefficient (Wildman–Crippen LogP) is 3.53. The van der Waals surface area contributed by atoms with Gasteiger partial charge in [0.1, 0.15) is 6.33 Å². The molecule has 0 saturated carbocycles. The first-order valence-corrected chi connectivity index (χ1v) is 12.9. The van der Waals surface area contributed by atoms with E-state index in [-0.39, 0.29) is 5.92 Å². The van der Waals surface area contributed by atoms with Gasteiger partial charge in [-0.25, -0.2) is 19.9 Å². The van der Waals surface area contributed by atoms with Crippen molar-refractivity contribution in [3.63, 3.8) is 0 Å². The van der Waals surface area contributed by atoms with Crippen molar-refractivity contribution in [2.45, 2.75) is 25.8 Å². The standard InChI is InChI=1S/C28H31N9/c1-20(21-5-3-2-4-6-21)24-17-30-27(31-18-24)36-11-13-37(14-12-36)28-33-19-32-26(35-28)34-25-8-7-22-9-10-29-16-23(22)15-25/h2-8,15,17-20,29H,9-14,16H2,1H3,(H,32,33,34,35). The highest BCUT2D eigenvalue weighted by Crippen LogP contribution is 2.24. The summed E-state index contributed by atoms with van der Waals surface area (Å²) < 4.78 is 0. The van der Waals surface area contributed by atoms with Crippen molar-refractivity contribution < 1.29 is 0 Å². The Morgan fingerprint density at radius 3 is 2.35 bits per heavy atom. The topological polar surface area (TPSA) is 95.0 Å². The smallest absolute Gasteiger partial charge is 0.231 e. The van der Waals surface area contributed by atoms with E-state index >= 15 is 0 Å². The second-order valence-corrected chi connectivity index (χ2v) is 9.57. The van der Waals surface area contributed by atoms with E-state index in [0.717, 1.165) is 62.9 Å². The maximum absolute atomic E-state index is 4.69. The van der Waals surface area contributed by atoms with Gasteiger partial charge in [-0.2, -0.15) is 4.98 Å². The van der Waals surface area contributed by atoms with Crippen LogP contribution >= 0.6 is 0 Å². The van der Waals surface area contributed by atoms with E-state index in [1.807, 2.05) is 18.5 Å². The van der Waals surface area contributed by atoms with Crippen molar-refractivity contribution in [1.29, 1.82) is 0 Å². The fourth-order valence-electron chi connectivity index (χ4n) is 4.95. The molecule has 0 bridgehead atoms. The Hall–Kier alpha value is -4.11. The van der Waals surface area contributed by atoms with Gasteiger partial charge in [-0.3, -0.25) is 0 Å². The number of hydrogen-bond donors (Lipinski definition) is 2. The Bertz CT molecular complexity index is 1340. The lowest BCUT2D eigenvalue weighted by Crippen LogP contribution is -2.47. The predicted molar refractivity (Wildman–Crippen MR) is 145 cm³/mol. The summed E-state index contributed by atoms with van der Waals surface area (Å²) in [6, 6.07) is 16.9. The summed E-state index contributed by atoms with van der Waals surface area (Å²) in [7, 11) is 0. The maximum Gasteiger partial charge on any atom is 0.231 e. The van der Waals surface area contributed by atoms with Crippen LogP contribution in [0.25, 0.3) is 0 Å². The van der Waals surface area contributed by atoms with Crippen LogP contribution in [-0.4, -0.2) is 57.6 Å². The van der Waals surface area contributed by atoms with Crippen LogP contribution in [0.3, 0.4) is 0 Å². The molecule has 1 saturated heterocycles. The summed E-state index contributed by atoms with van der Waals surface area (Å²) in [5, 5.41) is 6.77. The van der Waals surface area contributed by atoms with Gasteiger partial charge < -0.3 is 20.4 Å². The van der Waals surface area contributed by atoms with Crippen LogP contribution in [-0.2, 0) is 13.0 Å². The zero-order valence-electron chi connectivity index (χ0n) is 21.0. The number of piperazine rings is 1. The number of anilines is 4. The SMILES string of the molecule is CC(c1ccccc1)c1cnc(N2CCN(c3ncnc(Nc4ccc5c(c4)CNCC5)n3)CC2)nc1. The van der Waals surface area contributed by atoms with E-state index in [1.54, 1.807) is 6.33 Å². The molecule has 4 aromatic rings. The third-order valence-corrected chi connectivity index (χ3v) is 7.21. The Morgan fingerprint density at radius 1 is 0.811 bits per heavy atom. The van der Waals surface area contributed by atoms with Crippen molar-refractivity contribution in [3.05, 3.63) is 89.5 Å². The first-order valence-electron chi connectivity index (χ1n) is 12.9. The molecule has 0 spiro atoms. The molecule has 0 amide bonds. The zero-order valence-corrected chi connectivity index (χ0v) is 21.0. The normalized spacial score (nSPS) is 16.2. The Balaban J connectivity index is 1.07. The van der Waals surface area contributed by atoms with Gasteiger partial charge in [0.05, 0.1) is 0 Å². The minimum absolute atomic E-state index is 0.261. The van der Waals surface area contributed by atoms with Gasteiger partial charge in [0, 0.05) is 56.7 Å². The number of nitrogens with one attached hydrogen (secondary N) is 2. The Morgan fingerprint density at radius 2 is 1.57 bits per heavy atom. The van der Waals surface area contributed by atoms with Crippen LogP contribution < -0.4 is 20.4 Å². The number of hydrogen-bond acceptors (Lipinski definition) is 9. The van der Waals surface area contributed by atoms with E-state index in [4.69, 9.17) is 0 Å². The lowest BCUT2D eigenvalue weighted by molar-refractivity contribution is 0.626. The molecule has 0 aliphatic carbocycles. The van der Waals surface area contributed by atoms with Crippen LogP contribution in [0.5, 0.6) is 0 Å². The van der Waals surface area contributed by atoms with E-state index in [2.05, 4.69) is 94.7 Å². The molecule has 2 aliphatic rings. The van der Waals surface area contributed by atoms with Crippen LogP contribution in [0.4, 0.5) is 23.5 Å². The number of fused-ring (bicyclic) bond motifs is 1. The fourth-order valence-corrected chi connectivity index (χ4v) is 4.95. The third kappa shape index (κ3) is 5.22. The highest BCUT2D eigenvalue weighted by atomic mass is 15.4. The van der Waals surface area contributed by atoms with E-state index in [0.29, 0.717) is 11.9 Å². The van der Waals surface area contributed by atoms with Crippen molar-refractivity contribution >= 4 is 23.5 Å². The van der Waals surface area contributed by atoms with Crippen LogP contribution in [0.1, 0.15) is 35.1 Å². The summed E-state index contributed by atoms with van der Waals surface area (Å²) in [5.74, 6) is 2.27.